The van der Waals surface area contributed by atoms with Crippen LogP contribution in [0.25, 0.3) is 0 Å². The number of nitrogens with two attached hydrogens (primary N) is 1. The number of nitrogens with one attached hydrogen (secondary N) is 2. The Labute approximate surface area is 195 Å². The van der Waals surface area contributed by atoms with Crippen molar-refractivity contribution in [2.45, 2.75) is 45.4 Å². The van der Waals surface area contributed by atoms with Crippen LogP contribution in [0.1, 0.15) is 58.9 Å². The molecule has 0 saturated carbocycles. The van der Waals surface area contributed by atoms with E-state index >= 15 is 0 Å². The molecule has 0 aromatic heterocycles. The Morgan fingerprint density at radius 2 is 1.84 bits per heavy atom. The largest absolute Gasteiger partial charge is 0.369 e. The minimum atomic E-state index is -1.05. The summed E-state index contributed by atoms with van der Waals surface area (Å²) in [4.78, 5) is 25.2. The molecule has 1 aliphatic heterocycles. The van der Waals surface area contributed by atoms with Crippen molar-refractivity contribution in [3.8, 4) is 0 Å². The first-order valence-electron chi connectivity index (χ1n) is 10.6. The molecule has 0 bridgehead atoms. The van der Waals surface area contributed by atoms with Crippen LogP contribution in [-0.4, -0.2) is 31.4 Å². The number of fused-ring (bicyclic) bond motifs is 1. The Morgan fingerprint density at radius 3 is 2.39 bits per heavy atom. The van der Waals surface area contributed by atoms with Crippen LogP contribution in [0.4, 0.5) is 0 Å². The topological polar surface area (TPSA) is 84.2 Å². The van der Waals surface area contributed by atoms with Crippen LogP contribution in [0.5, 0.6) is 0 Å². The van der Waals surface area contributed by atoms with Gasteiger partial charge in [0.1, 0.15) is 5.41 Å². The molecule has 7 heteroatoms. The molecule has 0 saturated heterocycles. The lowest BCUT2D eigenvalue weighted by Gasteiger charge is -2.33. The first-order chi connectivity index (χ1) is 14.4. The molecule has 2 aromatic rings. The molecule has 2 aromatic carbocycles. The highest BCUT2D eigenvalue weighted by atomic mass is 35.5. The number of halogens is 2. The molecule has 1 atom stereocenters. The summed E-state index contributed by atoms with van der Waals surface area (Å²) < 4.78 is 0. The lowest BCUT2D eigenvalue weighted by molar-refractivity contribution is -0.122. The van der Waals surface area contributed by atoms with E-state index < -0.39 is 11.3 Å². The molecule has 0 spiro atoms. The lowest BCUT2D eigenvalue weighted by Crippen LogP contribution is -2.49. The molecule has 2 amide bonds. The highest BCUT2D eigenvalue weighted by Gasteiger charge is 2.44. The van der Waals surface area contributed by atoms with E-state index in [9.17, 15) is 9.59 Å². The van der Waals surface area contributed by atoms with Gasteiger partial charge >= 0.3 is 0 Å². The molecule has 0 aliphatic carbocycles. The number of carbonyl (C=O) groups excluding carboxylic acids is 2. The fourth-order valence-corrected chi connectivity index (χ4v) is 4.94. The minimum Gasteiger partial charge on any atom is -0.369 e. The van der Waals surface area contributed by atoms with Crippen molar-refractivity contribution in [1.29, 1.82) is 0 Å². The maximum absolute atomic E-state index is 13.0. The van der Waals surface area contributed by atoms with Gasteiger partial charge in [0.25, 0.3) is 5.91 Å². The van der Waals surface area contributed by atoms with Gasteiger partial charge in [-0.25, -0.2) is 0 Å². The first kappa shape index (κ1) is 25.2. The van der Waals surface area contributed by atoms with Crippen molar-refractivity contribution in [2.24, 2.45) is 5.73 Å². The predicted octanol–water partition coefficient (Wildman–Crippen LogP) is 3.55. The van der Waals surface area contributed by atoms with Gasteiger partial charge in [0.2, 0.25) is 5.91 Å². The molecular weight excluding hydrogens is 433 g/mol. The van der Waals surface area contributed by atoms with Crippen molar-refractivity contribution in [3.63, 3.8) is 0 Å². The molecule has 31 heavy (non-hydrogen) atoms. The van der Waals surface area contributed by atoms with Gasteiger partial charge < -0.3 is 16.4 Å². The monoisotopic (exact) mass is 463 g/mol. The van der Waals surface area contributed by atoms with Crippen molar-refractivity contribution < 1.29 is 9.59 Å². The molecular formula is C24H31Cl2N3O2. The zero-order valence-electron chi connectivity index (χ0n) is 18.3. The summed E-state index contributed by atoms with van der Waals surface area (Å²) in [5.41, 5.74) is 10.5. The van der Waals surface area contributed by atoms with Gasteiger partial charge in [-0.15, -0.1) is 12.4 Å². The summed E-state index contributed by atoms with van der Waals surface area (Å²) in [6.07, 6.45) is 2.40. The summed E-state index contributed by atoms with van der Waals surface area (Å²) in [7, 11) is 0. The quantitative estimate of drug-likeness (QED) is 0.612. The third-order valence-corrected chi connectivity index (χ3v) is 6.55. The SMILES string of the molecule is CCNC(=O)c1ccc([C@]2(C(N)=O)CNCCc3c2cc(CC)c(CC)c3Cl)cc1.Cl. The van der Waals surface area contributed by atoms with Gasteiger partial charge in [-0.3, -0.25) is 9.59 Å². The van der Waals surface area contributed by atoms with Crippen LogP contribution >= 0.6 is 24.0 Å². The molecule has 3 rings (SSSR count). The van der Waals surface area contributed by atoms with E-state index in [1.165, 1.54) is 0 Å². The van der Waals surface area contributed by atoms with Gasteiger partial charge in [-0.05, 0) is 72.7 Å². The Kier molecular flexibility index (Phi) is 8.52. The van der Waals surface area contributed by atoms with Crippen LogP contribution in [0.15, 0.2) is 30.3 Å². The predicted molar refractivity (Wildman–Crippen MR) is 128 cm³/mol. The van der Waals surface area contributed by atoms with Crippen molar-refractivity contribution in [3.05, 3.63) is 68.7 Å². The van der Waals surface area contributed by atoms with E-state index in [1.54, 1.807) is 12.1 Å². The number of hydrogen-bond acceptors (Lipinski definition) is 3. The Balaban J connectivity index is 0.00000341. The van der Waals surface area contributed by atoms with Gasteiger partial charge in [-0.1, -0.05) is 43.6 Å². The molecule has 0 unspecified atom stereocenters. The molecule has 4 N–H and O–H groups in total. The van der Waals surface area contributed by atoms with Gasteiger partial charge in [-0.2, -0.15) is 0 Å². The van der Waals surface area contributed by atoms with Crippen LogP contribution < -0.4 is 16.4 Å². The Hall–Kier alpha value is -2.08. The van der Waals surface area contributed by atoms with E-state index in [0.717, 1.165) is 52.1 Å². The number of rotatable bonds is 6. The average Bonchev–Trinajstić information content (AvgIpc) is 2.94. The van der Waals surface area contributed by atoms with Gasteiger partial charge in [0.05, 0.1) is 0 Å². The summed E-state index contributed by atoms with van der Waals surface area (Å²) in [5, 5.41) is 6.93. The normalized spacial score (nSPS) is 17.8. The molecule has 1 heterocycles. The van der Waals surface area contributed by atoms with Gasteiger partial charge in [0.15, 0.2) is 0 Å². The highest BCUT2D eigenvalue weighted by Crippen LogP contribution is 2.41. The Morgan fingerprint density at radius 1 is 1.16 bits per heavy atom. The maximum Gasteiger partial charge on any atom is 0.251 e. The summed E-state index contributed by atoms with van der Waals surface area (Å²) >= 11 is 6.87. The van der Waals surface area contributed by atoms with Crippen molar-refractivity contribution >= 4 is 35.8 Å². The number of amides is 2. The second-order valence-electron chi connectivity index (χ2n) is 7.69. The third-order valence-electron chi connectivity index (χ3n) is 6.10. The van der Waals surface area contributed by atoms with Gasteiger partial charge in [0, 0.05) is 23.7 Å². The fraction of sp³-hybridized carbons (Fsp3) is 0.417. The number of primary amides is 1. The second-order valence-corrected chi connectivity index (χ2v) is 8.07. The fourth-order valence-electron chi connectivity index (χ4n) is 4.49. The third kappa shape index (κ3) is 4.45. The zero-order valence-corrected chi connectivity index (χ0v) is 19.9. The Bertz CT molecular complexity index is 960. The standard InChI is InChI=1S/C24H30ClN3O2.ClH/c1-4-15-13-20-19(21(25)18(15)5-2)11-12-27-14-24(20,23(26)30)17-9-7-16(8-10-17)22(29)28-6-3;/h7-10,13,27H,4-6,11-12,14H2,1-3H3,(H2,26,30)(H,28,29);1H/t24-;/m1./s1. The molecule has 168 valence electrons. The number of benzene rings is 2. The van der Waals surface area contributed by atoms with E-state index in [4.69, 9.17) is 17.3 Å². The summed E-state index contributed by atoms with van der Waals surface area (Å²) in [6.45, 7) is 7.74. The first-order valence-corrected chi connectivity index (χ1v) is 11.0. The maximum atomic E-state index is 13.0. The average molecular weight is 464 g/mol. The minimum absolute atomic E-state index is 0. The number of hydrogen-bond donors (Lipinski definition) is 3. The van der Waals surface area contributed by atoms with Crippen LogP contribution in [0.2, 0.25) is 5.02 Å². The van der Waals surface area contributed by atoms with E-state index in [-0.39, 0.29) is 18.3 Å². The zero-order chi connectivity index (χ0) is 21.9. The lowest BCUT2D eigenvalue weighted by atomic mass is 9.71. The number of carbonyl (C=O) groups is 2. The van der Waals surface area contributed by atoms with E-state index in [2.05, 4.69) is 30.5 Å². The smallest absolute Gasteiger partial charge is 0.251 e. The molecule has 1 aliphatic rings. The highest BCUT2D eigenvalue weighted by molar-refractivity contribution is 6.32. The summed E-state index contributed by atoms with van der Waals surface area (Å²) in [6, 6.07) is 9.28. The van der Waals surface area contributed by atoms with E-state index in [1.807, 2.05) is 19.1 Å². The number of aryl methyl sites for hydroxylation is 1. The molecule has 5 nitrogen and oxygen atoms in total. The molecule has 0 radical (unpaired) electrons. The van der Waals surface area contributed by atoms with E-state index in [0.29, 0.717) is 25.2 Å². The van der Waals surface area contributed by atoms with Crippen LogP contribution in [0.3, 0.4) is 0 Å². The van der Waals surface area contributed by atoms with Crippen LogP contribution in [0, 0.1) is 0 Å². The van der Waals surface area contributed by atoms with Crippen LogP contribution in [-0.2, 0) is 29.5 Å². The summed E-state index contributed by atoms with van der Waals surface area (Å²) in [5.74, 6) is -0.563. The van der Waals surface area contributed by atoms with Crippen molar-refractivity contribution in [2.75, 3.05) is 19.6 Å². The van der Waals surface area contributed by atoms with Crippen molar-refractivity contribution in [1.82, 2.24) is 10.6 Å². The second kappa shape index (κ2) is 10.5. The molecule has 0 fully saturated rings.